The van der Waals surface area contributed by atoms with Gasteiger partial charge in [-0.05, 0) is 45.3 Å². The maximum atomic E-state index is 7.50. The maximum absolute atomic E-state index is 7.50. The molecule has 3 nitrogen and oxygen atoms in total. The molecule has 0 aliphatic carbocycles. The van der Waals surface area contributed by atoms with E-state index in [0.717, 1.165) is 28.8 Å². The van der Waals surface area contributed by atoms with Gasteiger partial charge in [0.1, 0.15) is 5.84 Å². The average molecular weight is 316 g/mol. The van der Waals surface area contributed by atoms with Crippen molar-refractivity contribution in [3.63, 3.8) is 0 Å². The van der Waals surface area contributed by atoms with Crippen LogP contribution in [0.15, 0.2) is 46.9 Å². The van der Waals surface area contributed by atoms with Crippen LogP contribution in [0.25, 0.3) is 0 Å². The summed E-state index contributed by atoms with van der Waals surface area (Å²) in [6, 6.07) is 14.5. The summed E-state index contributed by atoms with van der Waals surface area (Å²) < 4.78 is 0.869. The first kappa shape index (κ1) is 12.2. The molecule has 96 valence electrons. The molecule has 0 saturated carbocycles. The predicted molar refractivity (Wildman–Crippen MR) is 81.5 cm³/mol. The number of amidine groups is 1. The van der Waals surface area contributed by atoms with Crippen molar-refractivity contribution in [2.45, 2.75) is 13.1 Å². The van der Waals surface area contributed by atoms with E-state index in [0.29, 0.717) is 0 Å². The van der Waals surface area contributed by atoms with Crippen molar-refractivity contribution in [1.82, 2.24) is 0 Å². The summed E-state index contributed by atoms with van der Waals surface area (Å²) in [5.41, 5.74) is 10.2. The molecule has 2 aromatic rings. The molecule has 3 N–H and O–H groups in total. The fourth-order valence-corrected chi connectivity index (χ4v) is 3.02. The molecule has 0 aromatic heterocycles. The number of halogens is 1. The van der Waals surface area contributed by atoms with Crippen molar-refractivity contribution in [2.75, 3.05) is 4.90 Å². The summed E-state index contributed by atoms with van der Waals surface area (Å²) in [7, 11) is 0. The van der Waals surface area contributed by atoms with Gasteiger partial charge in [-0.3, -0.25) is 5.41 Å². The first-order valence-corrected chi connectivity index (χ1v) is 6.90. The van der Waals surface area contributed by atoms with Crippen LogP contribution in [0.3, 0.4) is 0 Å². The maximum Gasteiger partial charge on any atom is 0.123 e. The standard InChI is InChI=1S/C15H14BrN3/c16-14-7-12(5-6-13(14)15(17)18)19-8-10-3-1-2-4-11(10)9-19/h1-7H,8-9H2,(H3,17,18). The average Bonchev–Trinajstić information content (AvgIpc) is 2.81. The molecule has 19 heavy (non-hydrogen) atoms. The second kappa shape index (κ2) is 4.70. The molecule has 0 unspecified atom stereocenters. The molecule has 0 spiro atoms. The van der Waals surface area contributed by atoms with Crippen molar-refractivity contribution < 1.29 is 0 Å². The first-order valence-electron chi connectivity index (χ1n) is 6.11. The van der Waals surface area contributed by atoms with Gasteiger partial charge in [0.05, 0.1) is 0 Å². The number of anilines is 1. The second-order valence-corrected chi connectivity index (χ2v) is 5.56. The Balaban J connectivity index is 1.90. The Morgan fingerprint density at radius 3 is 2.26 bits per heavy atom. The van der Waals surface area contributed by atoms with Crippen LogP contribution in [0.1, 0.15) is 16.7 Å². The van der Waals surface area contributed by atoms with Gasteiger partial charge in [0, 0.05) is 28.8 Å². The molecule has 2 aromatic carbocycles. The Morgan fingerprint density at radius 2 is 1.74 bits per heavy atom. The molecular weight excluding hydrogens is 302 g/mol. The highest BCUT2D eigenvalue weighted by atomic mass is 79.9. The zero-order chi connectivity index (χ0) is 13.4. The fraction of sp³-hybridized carbons (Fsp3) is 0.133. The molecule has 0 radical (unpaired) electrons. The van der Waals surface area contributed by atoms with Gasteiger partial charge in [0.15, 0.2) is 0 Å². The SMILES string of the molecule is N=C(N)c1ccc(N2Cc3ccccc3C2)cc1Br. The third-order valence-corrected chi connectivity index (χ3v) is 4.10. The number of hydrogen-bond acceptors (Lipinski definition) is 2. The van der Waals surface area contributed by atoms with Gasteiger partial charge in [-0.1, -0.05) is 24.3 Å². The van der Waals surface area contributed by atoms with Gasteiger partial charge in [-0.2, -0.15) is 0 Å². The summed E-state index contributed by atoms with van der Waals surface area (Å²) >= 11 is 3.48. The summed E-state index contributed by atoms with van der Waals surface area (Å²) in [5.74, 6) is 0.0862. The molecule has 1 aliphatic heterocycles. The number of nitrogens with zero attached hydrogens (tertiary/aromatic N) is 1. The Hall–Kier alpha value is -1.81. The topological polar surface area (TPSA) is 53.1 Å². The Bertz CT molecular complexity index is 627. The van der Waals surface area contributed by atoms with Crippen LogP contribution in [-0.4, -0.2) is 5.84 Å². The van der Waals surface area contributed by atoms with E-state index in [4.69, 9.17) is 11.1 Å². The minimum atomic E-state index is 0.0862. The van der Waals surface area contributed by atoms with Crippen molar-refractivity contribution in [3.8, 4) is 0 Å². The lowest BCUT2D eigenvalue weighted by molar-refractivity contribution is 0.880. The molecule has 0 fully saturated rings. The van der Waals surface area contributed by atoms with Crippen LogP contribution in [0, 0.1) is 5.41 Å². The molecule has 0 amide bonds. The summed E-state index contributed by atoms with van der Waals surface area (Å²) in [4.78, 5) is 2.32. The number of hydrogen-bond donors (Lipinski definition) is 2. The number of nitrogens with two attached hydrogens (primary N) is 1. The van der Waals surface area contributed by atoms with E-state index < -0.39 is 0 Å². The van der Waals surface area contributed by atoms with E-state index in [1.807, 2.05) is 18.2 Å². The highest BCUT2D eigenvalue weighted by molar-refractivity contribution is 9.10. The summed E-state index contributed by atoms with van der Waals surface area (Å²) in [5, 5.41) is 7.50. The van der Waals surface area contributed by atoms with Crippen molar-refractivity contribution in [2.24, 2.45) is 5.73 Å². The fourth-order valence-electron chi connectivity index (χ4n) is 2.43. The minimum Gasteiger partial charge on any atom is -0.384 e. The quantitative estimate of drug-likeness (QED) is 0.660. The summed E-state index contributed by atoms with van der Waals surface area (Å²) in [6.45, 7) is 1.87. The van der Waals surface area contributed by atoms with Crippen molar-refractivity contribution in [1.29, 1.82) is 5.41 Å². The Morgan fingerprint density at radius 1 is 1.11 bits per heavy atom. The van der Waals surface area contributed by atoms with Crippen LogP contribution in [0.2, 0.25) is 0 Å². The van der Waals surface area contributed by atoms with Gasteiger partial charge >= 0.3 is 0 Å². The smallest absolute Gasteiger partial charge is 0.123 e. The third kappa shape index (κ3) is 2.24. The molecule has 1 aliphatic rings. The predicted octanol–water partition coefficient (Wildman–Crippen LogP) is 3.25. The van der Waals surface area contributed by atoms with Gasteiger partial charge in [0.25, 0.3) is 0 Å². The van der Waals surface area contributed by atoms with Crippen molar-refractivity contribution in [3.05, 3.63) is 63.6 Å². The van der Waals surface area contributed by atoms with E-state index in [1.165, 1.54) is 11.1 Å². The molecule has 0 bridgehead atoms. The monoisotopic (exact) mass is 315 g/mol. The van der Waals surface area contributed by atoms with Crippen LogP contribution in [-0.2, 0) is 13.1 Å². The van der Waals surface area contributed by atoms with Crippen LogP contribution in [0.5, 0.6) is 0 Å². The zero-order valence-electron chi connectivity index (χ0n) is 10.4. The molecule has 4 heteroatoms. The third-order valence-electron chi connectivity index (χ3n) is 3.45. The van der Waals surface area contributed by atoms with Gasteiger partial charge in [-0.25, -0.2) is 0 Å². The zero-order valence-corrected chi connectivity index (χ0v) is 11.9. The second-order valence-electron chi connectivity index (χ2n) is 4.70. The van der Waals surface area contributed by atoms with E-state index >= 15 is 0 Å². The lowest BCUT2D eigenvalue weighted by Crippen LogP contribution is -2.16. The number of fused-ring (bicyclic) bond motifs is 1. The van der Waals surface area contributed by atoms with Crippen molar-refractivity contribution >= 4 is 27.5 Å². The van der Waals surface area contributed by atoms with Gasteiger partial charge in [0.2, 0.25) is 0 Å². The van der Waals surface area contributed by atoms with E-state index in [1.54, 1.807) is 0 Å². The molecule has 1 heterocycles. The van der Waals surface area contributed by atoms with E-state index in [-0.39, 0.29) is 5.84 Å². The van der Waals surface area contributed by atoms with E-state index in [9.17, 15) is 0 Å². The van der Waals surface area contributed by atoms with Crippen LogP contribution < -0.4 is 10.6 Å². The number of rotatable bonds is 2. The first-order chi connectivity index (χ1) is 9.15. The Kier molecular flexibility index (Phi) is 3.03. The van der Waals surface area contributed by atoms with E-state index in [2.05, 4.69) is 45.1 Å². The molecular formula is C15H14BrN3. The van der Waals surface area contributed by atoms with Crippen LogP contribution >= 0.6 is 15.9 Å². The highest BCUT2D eigenvalue weighted by Gasteiger charge is 2.19. The highest BCUT2D eigenvalue weighted by Crippen LogP contribution is 2.30. The van der Waals surface area contributed by atoms with Crippen LogP contribution in [0.4, 0.5) is 5.69 Å². The summed E-state index contributed by atoms with van der Waals surface area (Å²) in [6.07, 6.45) is 0. The van der Waals surface area contributed by atoms with Gasteiger partial charge in [-0.15, -0.1) is 0 Å². The number of nitrogen functional groups attached to an aromatic ring is 1. The Labute approximate surface area is 120 Å². The lowest BCUT2D eigenvalue weighted by Gasteiger charge is -2.18. The molecule has 0 saturated heterocycles. The lowest BCUT2D eigenvalue weighted by atomic mass is 10.1. The number of benzene rings is 2. The molecule has 0 atom stereocenters. The molecule has 3 rings (SSSR count). The normalized spacial score (nSPS) is 13.4. The van der Waals surface area contributed by atoms with Gasteiger partial charge < -0.3 is 10.6 Å². The number of nitrogens with one attached hydrogen (secondary N) is 1. The minimum absolute atomic E-state index is 0.0862. The largest absolute Gasteiger partial charge is 0.384 e.